The van der Waals surface area contributed by atoms with Crippen LogP contribution in [0.1, 0.15) is 27.8 Å². The van der Waals surface area contributed by atoms with Crippen LogP contribution in [0.3, 0.4) is 0 Å². The van der Waals surface area contributed by atoms with E-state index < -0.39 is 6.17 Å². The first-order valence-corrected chi connectivity index (χ1v) is 10.0. The van der Waals surface area contributed by atoms with Gasteiger partial charge in [-0.3, -0.25) is 9.78 Å². The summed E-state index contributed by atoms with van der Waals surface area (Å²) in [6.45, 7) is 0.599. The maximum absolute atomic E-state index is 13.5. The van der Waals surface area contributed by atoms with Gasteiger partial charge in [0, 0.05) is 12.2 Å². The predicted molar refractivity (Wildman–Crippen MR) is 115 cm³/mol. The lowest BCUT2D eigenvalue weighted by atomic mass is 10.0. The van der Waals surface area contributed by atoms with Crippen molar-refractivity contribution in [3.63, 3.8) is 0 Å². The molecule has 1 amide bonds. The van der Waals surface area contributed by atoms with Crippen LogP contribution in [0.25, 0.3) is 11.0 Å². The van der Waals surface area contributed by atoms with E-state index in [1.807, 2.05) is 66.7 Å². The zero-order valence-electron chi connectivity index (χ0n) is 16.5. The molecule has 3 heterocycles. The van der Waals surface area contributed by atoms with Crippen LogP contribution >= 0.6 is 0 Å². The summed E-state index contributed by atoms with van der Waals surface area (Å²) in [6, 6.07) is 21.0. The van der Waals surface area contributed by atoms with Crippen molar-refractivity contribution >= 4 is 22.6 Å². The van der Waals surface area contributed by atoms with Crippen LogP contribution in [0.15, 0.2) is 72.9 Å². The highest BCUT2D eigenvalue weighted by Crippen LogP contribution is 2.36. The molecule has 0 fully saturated rings. The van der Waals surface area contributed by atoms with Gasteiger partial charge in [-0.1, -0.05) is 30.3 Å². The molecule has 3 aromatic carbocycles. The largest absolute Gasteiger partial charge is 0.454 e. The zero-order chi connectivity index (χ0) is 20.8. The van der Waals surface area contributed by atoms with Crippen LogP contribution in [-0.2, 0) is 6.54 Å². The summed E-state index contributed by atoms with van der Waals surface area (Å²) in [5.41, 5.74) is 4.65. The number of nitrogens with zero attached hydrogens (tertiary/aromatic N) is 3. The molecule has 1 N–H and O–H groups in total. The van der Waals surface area contributed by atoms with Crippen molar-refractivity contribution in [1.29, 1.82) is 0 Å². The summed E-state index contributed by atoms with van der Waals surface area (Å²) < 4.78 is 10.9. The summed E-state index contributed by atoms with van der Waals surface area (Å²) in [7, 11) is 0. The third-order valence-corrected chi connectivity index (χ3v) is 5.56. The monoisotopic (exact) mass is 410 g/mol. The van der Waals surface area contributed by atoms with Crippen LogP contribution in [0.4, 0.5) is 5.69 Å². The third kappa shape index (κ3) is 3.02. The normalized spacial score (nSPS) is 16.8. The average Bonchev–Trinajstić information content (AvgIpc) is 3.28. The number of amides is 1. The average molecular weight is 410 g/mol. The molecular formula is C24H18N4O3. The van der Waals surface area contributed by atoms with Gasteiger partial charge in [-0.2, -0.15) is 0 Å². The molecule has 0 saturated carbocycles. The number of carbonyl (C=O) groups excluding carboxylic acids is 1. The molecule has 4 aromatic rings. The van der Waals surface area contributed by atoms with Crippen LogP contribution < -0.4 is 14.8 Å². The third-order valence-electron chi connectivity index (χ3n) is 5.56. The Morgan fingerprint density at radius 2 is 1.77 bits per heavy atom. The van der Waals surface area contributed by atoms with Gasteiger partial charge in [0.1, 0.15) is 11.9 Å². The Bertz CT molecular complexity index is 1320. The van der Waals surface area contributed by atoms with E-state index in [2.05, 4.69) is 10.3 Å². The molecule has 0 bridgehead atoms. The first-order valence-electron chi connectivity index (χ1n) is 10.0. The van der Waals surface area contributed by atoms with Crippen LogP contribution in [0.2, 0.25) is 0 Å². The second-order valence-electron chi connectivity index (χ2n) is 7.50. The number of hydrogen-bond donors (Lipinski definition) is 1. The van der Waals surface area contributed by atoms with Crippen molar-refractivity contribution in [2.24, 2.45) is 0 Å². The minimum absolute atomic E-state index is 0.0630. The first kappa shape index (κ1) is 17.7. The molecule has 0 radical (unpaired) electrons. The first-order chi connectivity index (χ1) is 15.3. The molecule has 6 rings (SSSR count). The van der Waals surface area contributed by atoms with Crippen LogP contribution in [0.5, 0.6) is 11.5 Å². The summed E-state index contributed by atoms with van der Waals surface area (Å²) in [5, 5.41) is 3.48. The number of aromatic nitrogens is 2. The number of fused-ring (bicyclic) bond motifs is 3. The fraction of sp³-hybridized carbons (Fsp3) is 0.125. The maximum atomic E-state index is 13.5. The molecule has 152 valence electrons. The zero-order valence-corrected chi connectivity index (χ0v) is 16.5. The summed E-state index contributed by atoms with van der Waals surface area (Å²) in [5.74, 6) is 1.35. The number of rotatable bonds is 3. The molecule has 0 unspecified atom stereocenters. The fourth-order valence-electron chi connectivity index (χ4n) is 4.03. The fourth-order valence-corrected chi connectivity index (χ4v) is 4.03. The number of nitrogens with one attached hydrogen (secondary N) is 1. The molecule has 2 aliphatic rings. The van der Waals surface area contributed by atoms with E-state index in [1.54, 1.807) is 11.1 Å². The van der Waals surface area contributed by atoms with E-state index >= 15 is 0 Å². The number of ether oxygens (including phenoxy) is 2. The Morgan fingerprint density at radius 1 is 0.968 bits per heavy atom. The molecule has 1 atom stereocenters. The van der Waals surface area contributed by atoms with E-state index in [9.17, 15) is 4.79 Å². The van der Waals surface area contributed by atoms with Gasteiger partial charge in [-0.15, -0.1) is 0 Å². The van der Waals surface area contributed by atoms with Gasteiger partial charge in [0.2, 0.25) is 6.79 Å². The van der Waals surface area contributed by atoms with Crippen molar-refractivity contribution in [1.82, 2.24) is 14.9 Å². The van der Waals surface area contributed by atoms with E-state index in [1.165, 1.54) is 0 Å². The van der Waals surface area contributed by atoms with Crippen molar-refractivity contribution < 1.29 is 14.3 Å². The van der Waals surface area contributed by atoms with Crippen molar-refractivity contribution in [2.75, 3.05) is 12.1 Å². The van der Waals surface area contributed by atoms with Crippen LogP contribution in [0, 0.1) is 0 Å². The lowest BCUT2D eigenvalue weighted by molar-refractivity contribution is 0.0662. The molecule has 2 aliphatic heterocycles. The molecular weight excluding hydrogens is 392 g/mol. The second-order valence-corrected chi connectivity index (χ2v) is 7.50. The van der Waals surface area contributed by atoms with Crippen LogP contribution in [-0.4, -0.2) is 27.6 Å². The minimum atomic E-state index is -0.454. The van der Waals surface area contributed by atoms with E-state index in [0.29, 0.717) is 29.3 Å². The number of hydrogen-bond acceptors (Lipinski definition) is 6. The molecule has 1 aromatic heterocycles. The minimum Gasteiger partial charge on any atom is -0.454 e. The molecule has 0 saturated heterocycles. The highest BCUT2D eigenvalue weighted by Gasteiger charge is 2.34. The van der Waals surface area contributed by atoms with Gasteiger partial charge in [-0.05, 0) is 42.0 Å². The highest BCUT2D eigenvalue weighted by molar-refractivity contribution is 6.01. The van der Waals surface area contributed by atoms with E-state index in [4.69, 9.17) is 14.5 Å². The topological polar surface area (TPSA) is 76.6 Å². The Balaban J connectivity index is 1.42. The lowest BCUT2D eigenvalue weighted by Gasteiger charge is -2.37. The van der Waals surface area contributed by atoms with Crippen molar-refractivity contribution in [3.05, 3.63) is 89.7 Å². The Kier molecular flexibility index (Phi) is 3.99. The number of carbonyl (C=O) groups is 1. The Labute approximate surface area is 178 Å². The quantitative estimate of drug-likeness (QED) is 0.547. The smallest absolute Gasteiger partial charge is 0.258 e. The maximum Gasteiger partial charge on any atom is 0.258 e. The number of benzene rings is 3. The molecule has 0 aliphatic carbocycles. The molecule has 0 spiro atoms. The van der Waals surface area contributed by atoms with E-state index in [0.717, 1.165) is 22.3 Å². The van der Waals surface area contributed by atoms with Gasteiger partial charge in [0.25, 0.3) is 5.91 Å². The molecule has 7 heteroatoms. The lowest BCUT2D eigenvalue weighted by Crippen LogP contribution is -2.42. The molecule has 7 nitrogen and oxygen atoms in total. The number of anilines is 1. The SMILES string of the molecule is O=C1c2ccccc2N[C@@H](c2cnc3ccccc3n2)N1Cc1ccc2c(c1)OCO2. The summed E-state index contributed by atoms with van der Waals surface area (Å²) in [6.07, 6.45) is 1.28. The predicted octanol–water partition coefficient (Wildman–Crippen LogP) is 4.13. The number of para-hydroxylation sites is 3. The summed E-state index contributed by atoms with van der Waals surface area (Å²) >= 11 is 0. The van der Waals surface area contributed by atoms with E-state index in [-0.39, 0.29) is 12.7 Å². The van der Waals surface area contributed by atoms with Gasteiger partial charge in [-0.25, -0.2) is 4.98 Å². The highest BCUT2D eigenvalue weighted by atomic mass is 16.7. The van der Waals surface area contributed by atoms with Gasteiger partial charge >= 0.3 is 0 Å². The second kappa shape index (κ2) is 6.98. The summed E-state index contributed by atoms with van der Waals surface area (Å²) in [4.78, 5) is 24.6. The molecule has 31 heavy (non-hydrogen) atoms. The van der Waals surface area contributed by atoms with Gasteiger partial charge in [0.15, 0.2) is 11.5 Å². The van der Waals surface area contributed by atoms with Gasteiger partial charge in [0.05, 0.1) is 22.8 Å². The van der Waals surface area contributed by atoms with Crippen molar-refractivity contribution in [3.8, 4) is 11.5 Å². The standard InChI is InChI=1S/C24H18N4O3/c29-24-16-5-1-2-6-17(16)27-23(20-12-25-18-7-3-4-8-19(18)26-20)28(24)13-15-9-10-21-22(11-15)31-14-30-21/h1-12,23,27H,13-14H2/t23-/m1/s1. The Hall–Kier alpha value is -4.13. The Morgan fingerprint density at radius 3 is 2.71 bits per heavy atom. The van der Waals surface area contributed by atoms with Crippen molar-refractivity contribution in [2.45, 2.75) is 12.7 Å². The van der Waals surface area contributed by atoms with Gasteiger partial charge < -0.3 is 19.7 Å².